The molecule has 1 rings (SSSR count). The molecule has 5 heteroatoms. The number of carbonyl (C=O) groups is 1. The average Bonchev–Trinajstić information content (AvgIpc) is 2.15. The lowest BCUT2D eigenvalue weighted by molar-refractivity contribution is -0.0505. The summed E-state index contributed by atoms with van der Waals surface area (Å²) in [6, 6.07) is 3.19. The number of alkyl halides is 2. The highest BCUT2D eigenvalue weighted by Crippen LogP contribution is 2.28. The van der Waals surface area contributed by atoms with E-state index in [4.69, 9.17) is 0 Å². The summed E-state index contributed by atoms with van der Waals surface area (Å²) >= 11 is 1.97. The number of hydrogen-bond donors (Lipinski definition) is 0. The lowest BCUT2D eigenvalue weighted by Crippen LogP contribution is -2.08. The topological polar surface area (TPSA) is 26.3 Å². The second-order valence-electron chi connectivity index (χ2n) is 3.22. The zero-order chi connectivity index (χ0) is 12.3. The first-order chi connectivity index (χ1) is 7.45. The molecule has 0 amide bonds. The highest BCUT2D eigenvalue weighted by atomic mass is 127. The summed E-state index contributed by atoms with van der Waals surface area (Å²) in [4.78, 5) is 11.4. The van der Waals surface area contributed by atoms with Gasteiger partial charge in [-0.3, -0.25) is 4.79 Å². The Kier molecular flexibility index (Phi) is 4.64. The molecule has 0 unspecified atom stereocenters. The molecule has 0 aliphatic rings. The fourth-order valence-electron chi connectivity index (χ4n) is 1.49. The maximum absolute atomic E-state index is 12.2. The van der Waals surface area contributed by atoms with Gasteiger partial charge in [-0.2, -0.15) is 8.78 Å². The summed E-state index contributed by atoms with van der Waals surface area (Å²) < 4.78 is 29.5. The van der Waals surface area contributed by atoms with Gasteiger partial charge in [-0.25, -0.2) is 0 Å². The van der Waals surface area contributed by atoms with Gasteiger partial charge in [0.25, 0.3) is 0 Å². The van der Waals surface area contributed by atoms with Crippen molar-refractivity contribution < 1.29 is 18.3 Å². The summed E-state index contributed by atoms with van der Waals surface area (Å²) in [5, 5.41) is 0. The van der Waals surface area contributed by atoms with Gasteiger partial charge < -0.3 is 4.74 Å². The number of carbonyl (C=O) groups excluding carboxylic acids is 1. The molecule has 0 spiro atoms. The van der Waals surface area contributed by atoms with Crippen LogP contribution >= 0.6 is 22.6 Å². The molecule has 16 heavy (non-hydrogen) atoms. The van der Waals surface area contributed by atoms with Gasteiger partial charge >= 0.3 is 6.61 Å². The molecule has 0 saturated carbocycles. The van der Waals surface area contributed by atoms with Gasteiger partial charge in [-0.15, -0.1) is 0 Å². The quantitative estimate of drug-likeness (QED) is 0.618. The molecule has 88 valence electrons. The molecule has 0 radical (unpaired) electrons. The molecule has 0 N–H and O–H groups in total. The van der Waals surface area contributed by atoms with Crippen LogP contribution in [-0.4, -0.2) is 12.4 Å². The van der Waals surface area contributed by atoms with Crippen molar-refractivity contribution in [1.82, 2.24) is 0 Å². The average molecular weight is 340 g/mol. The van der Waals surface area contributed by atoms with Crippen molar-refractivity contribution >= 4 is 28.4 Å². The Morgan fingerprint density at radius 3 is 2.56 bits per heavy atom. The van der Waals surface area contributed by atoms with E-state index >= 15 is 0 Å². The van der Waals surface area contributed by atoms with Crippen molar-refractivity contribution in [3.05, 3.63) is 26.8 Å². The number of ether oxygens (including phenoxy) is 1. The summed E-state index contributed by atoms with van der Waals surface area (Å²) in [7, 11) is 0. The molecule has 0 atom stereocenters. The summed E-state index contributed by atoms with van der Waals surface area (Å²) in [6.07, 6.45) is 0.480. The van der Waals surface area contributed by atoms with Crippen LogP contribution in [0.15, 0.2) is 12.1 Å². The summed E-state index contributed by atoms with van der Waals surface area (Å²) in [6.45, 7) is 0.340. The van der Waals surface area contributed by atoms with E-state index in [2.05, 4.69) is 4.74 Å². The molecule has 1 aromatic rings. The number of benzene rings is 1. The second-order valence-corrected chi connectivity index (χ2v) is 4.46. The largest absolute Gasteiger partial charge is 0.434 e. The Hall–Kier alpha value is -0.720. The smallest absolute Gasteiger partial charge is 0.387 e. The van der Waals surface area contributed by atoms with Gasteiger partial charge in [0.2, 0.25) is 0 Å². The normalized spacial score (nSPS) is 10.6. The third kappa shape index (κ3) is 3.13. The molecule has 0 fully saturated rings. The van der Waals surface area contributed by atoms with Crippen LogP contribution in [0, 0.1) is 3.57 Å². The van der Waals surface area contributed by atoms with Crippen LogP contribution in [0.2, 0.25) is 0 Å². The molecule has 0 aliphatic carbocycles. The molecule has 0 heterocycles. The van der Waals surface area contributed by atoms with Crippen molar-refractivity contribution in [3.8, 4) is 5.75 Å². The van der Waals surface area contributed by atoms with E-state index in [9.17, 15) is 13.6 Å². The summed E-state index contributed by atoms with van der Waals surface area (Å²) in [5.41, 5.74) is 0.985. The molecule has 0 aliphatic heterocycles. The van der Waals surface area contributed by atoms with E-state index in [0.717, 1.165) is 0 Å². The van der Waals surface area contributed by atoms with Gasteiger partial charge in [-0.1, -0.05) is 6.92 Å². The van der Waals surface area contributed by atoms with Crippen LogP contribution in [0.5, 0.6) is 5.75 Å². The van der Waals surface area contributed by atoms with E-state index in [-0.39, 0.29) is 11.5 Å². The zero-order valence-electron chi connectivity index (χ0n) is 8.89. The Morgan fingerprint density at radius 1 is 1.50 bits per heavy atom. The van der Waals surface area contributed by atoms with Crippen LogP contribution in [-0.2, 0) is 6.42 Å². The molecular formula is C11H11F2IO2. The predicted molar refractivity (Wildman–Crippen MR) is 65.2 cm³/mol. The van der Waals surface area contributed by atoms with Gasteiger partial charge in [-0.05, 0) is 48.1 Å². The fourth-order valence-corrected chi connectivity index (χ4v) is 2.09. The van der Waals surface area contributed by atoms with E-state index in [1.807, 2.05) is 22.6 Å². The second kappa shape index (κ2) is 5.56. The van der Waals surface area contributed by atoms with Gasteiger partial charge in [0.05, 0.1) is 0 Å². The van der Waals surface area contributed by atoms with Gasteiger partial charge in [0, 0.05) is 14.7 Å². The van der Waals surface area contributed by atoms with Crippen molar-refractivity contribution in [3.63, 3.8) is 0 Å². The number of Topliss-reactive ketones (excluding diaryl/α,β-unsaturated/α-hetero) is 1. The Labute approximate surface area is 106 Å². The molecule has 0 aromatic heterocycles. The van der Waals surface area contributed by atoms with Crippen LogP contribution in [0.4, 0.5) is 8.78 Å². The highest BCUT2D eigenvalue weighted by molar-refractivity contribution is 14.1. The van der Waals surface area contributed by atoms with E-state index in [1.54, 1.807) is 13.0 Å². The number of hydrogen-bond acceptors (Lipinski definition) is 2. The lowest BCUT2D eigenvalue weighted by atomic mass is 10.0. The fraction of sp³-hybridized carbons (Fsp3) is 0.364. The maximum Gasteiger partial charge on any atom is 0.387 e. The standard InChI is InChI=1S/C11H11F2IO2/c1-3-8-9(6(2)15)4-7(14)5-10(8)16-11(12)13/h4-5,11H,3H2,1-2H3. The SMILES string of the molecule is CCc1c(OC(F)F)cc(I)cc1C(C)=O. The van der Waals surface area contributed by atoms with Crippen molar-refractivity contribution in [2.45, 2.75) is 26.9 Å². The van der Waals surface area contributed by atoms with Crippen LogP contribution in [0.1, 0.15) is 29.8 Å². The highest BCUT2D eigenvalue weighted by Gasteiger charge is 2.15. The lowest BCUT2D eigenvalue weighted by Gasteiger charge is -2.13. The molecule has 0 bridgehead atoms. The Balaban J connectivity index is 3.30. The molecule has 1 aromatic carbocycles. The maximum atomic E-state index is 12.2. The van der Waals surface area contributed by atoms with Crippen LogP contribution < -0.4 is 4.74 Å². The number of ketones is 1. The minimum Gasteiger partial charge on any atom is -0.434 e. The van der Waals surface area contributed by atoms with Gasteiger partial charge in [0.15, 0.2) is 5.78 Å². The Bertz CT molecular complexity index is 405. The molecule has 0 saturated heterocycles. The zero-order valence-corrected chi connectivity index (χ0v) is 11.0. The third-order valence-electron chi connectivity index (χ3n) is 2.12. The van der Waals surface area contributed by atoms with Crippen molar-refractivity contribution in [2.24, 2.45) is 0 Å². The van der Waals surface area contributed by atoms with Crippen LogP contribution in [0.3, 0.4) is 0 Å². The molecular weight excluding hydrogens is 329 g/mol. The first kappa shape index (κ1) is 13.3. The number of halogens is 3. The Morgan fingerprint density at radius 2 is 2.12 bits per heavy atom. The third-order valence-corrected chi connectivity index (χ3v) is 2.75. The van der Waals surface area contributed by atoms with Crippen molar-refractivity contribution in [2.75, 3.05) is 0 Å². The number of rotatable bonds is 4. The van der Waals surface area contributed by atoms with Gasteiger partial charge in [0.1, 0.15) is 5.75 Å². The first-order valence-corrected chi connectivity index (χ1v) is 5.81. The van der Waals surface area contributed by atoms with Crippen molar-refractivity contribution in [1.29, 1.82) is 0 Å². The van der Waals surface area contributed by atoms with Crippen LogP contribution in [0.25, 0.3) is 0 Å². The monoisotopic (exact) mass is 340 g/mol. The summed E-state index contributed by atoms with van der Waals surface area (Å²) in [5.74, 6) is -0.0518. The minimum atomic E-state index is -2.87. The van der Waals surface area contributed by atoms with E-state index < -0.39 is 6.61 Å². The van der Waals surface area contributed by atoms with E-state index in [1.165, 1.54) is 13.0 Å². The molecule has 2 nitrogen and oxygen atoms in total. The van der Waals surface area contributed by atoms with E-state index in [0.29, 0.717) is 21.1 Å². The predicted octanol–water partition coefficient (Wildman–Crippen LogP) is 3.66. The first-order valence-electron chi connectivity index (χ1n) is 4.73. The minimum absolute atomic E-state index is 0.0922.